The number of hydrogen-bond donors (Lipinski definition) is 0. The van der Waals surface area contributed by atoms with Crippen LogP contribution in [0, 0.1) is 0 Å². The molecule has 2 heteroatoms. The average Bonchev–Trinajstić information content (AvgIpc) is 3.54. The van der Waals surface area contributed by atoms with Gasteiger partial charge in [-0.15, -0.1) is 11.3 Å². The van der Waals surface area contributed by atoms with E-state index in [0.29, 0.717) is 0 Å². The van der Waals surface area contributed by atoms with E-state index in [0.717, 1.165) is 17.1 Å². The van der Waals surface area contributed by atoms with Crippen LogP contribution < -0.4 is 4.90 Å². The summed E-state index contributed by atoms with van der Waals surface area (Å²) in [6.45, 7) is 0. The van der Waals surface area contributed by atoms with Gasteiger partial charge in [-0.05, 0) is 92.7 Å². The van der Waals surface area contributed by atoms with Crippen LogP contribution in [0.25, 0.3) is 64.3 Å². The van der Waals surface area contributed by atoms with Gasteiger partial charge in [0.1, 0.15) is 0 Å². The Morgan fingerprint density at radius 2 is 0.875 bits per heavy atom. The first-order valence-electron chi connectivity index (χ1n) is 16.3. The summed E-state index contributed by atoms with van der Waals surface area (Å²) in [6, 6.07) is 68.2. The smallest absolute Gasteiger partial charge is 0.0467 e. The summed E-state index contributed by atoms with van der Waals surface area (Å²) in [7, 11) is 0. The lowest BCUT2D eigenvalue weighted by molar-refractivity contribution is 1.28. The molecular formula is C46H31NS. The second-order valence-electron chi connectivity index (χ2n) is 12.2. The van der Waals surface area contributed by atoms with Crippen molar-refractivity contribution in [2.24, 2.45) is 0 Å². The van der Waals surface area contributed by atoms with Gasteiger partial charge in [0.25, 0.3) is 0 Å². The second-order valence-corrected chi connectivity index (χ2v) is 13.3. The van der Waals surface area contributed by atoms with Crippen molar-refractivity contribution >= 4 is 59.3 Å². The van der Waals surface area contributed by atoms with E-state index in [4.69, 9.17) is 0 Å². The molecule has 226 valence electrons. The van der Waals surface area contributed by atoms with Crippen LogP contribution in [-0.4, -0.2) is 0 Å². The third-order valence-electron chi connectivity index (χ3n) is 9.25. The summed E-state index contributed by atoms with van der Waals surface area (Å²) in [4.78, 5) is 2.38. The molecule has 8 aromatic carbocycles. The molecule has 0 aliphatic carbocycles. The molecule has 0 fully saturated rings. The van der Waals surface area contributed by atoms with Crippen LogP contribution in [0.2, 0.25) is 0 Å². The number of thiophene rings is 1. The summed E-state index contributed by atoms with van der Waals surface area (Å²) in [5.41, 5.74) is 10.6. The zero-order valence-electron chi connectivity index (χ0n) is 26.3. The quantitative estimate of drug-likeness (QED) is 0.177. The lowest BCUT2D eigenvalue weighted by Crippen LogP contribution is -2.10. The second kappa shape index (κ2) is 12.0. The van der Waals surface area contributed by atoms with E-state index in [2.05, 4.69) is 193 Å². The molecule has 1 nitrogen and oxygen atoms in total. The van der Waals surface area contributed by atoms with Crippen molar-refractivity contribution in [2.75, 3.05) is 4.90 Å². The summed E-state index contributed by atoms with van der Waals surface area (Å²) < 4.78 is 2.64. The van der Waals surface area contributed by atoms with Gasteiger partial charge < -0.3 is 4.90 Å². The first-order valence-corrected chi connectivity index (χ1v) is 17.2. The molecular weight excluding hydrogens is 599 g/mol. The van der Waals surface area contributed by atoms with Gasteiger partial charge in [-0.3, -0.25) is 0 Å². The highest BCUT2D eigenvalue weighted by Gasteiger charge is 2.16. The van der Waals surface area contributed by atoms with E-state index in [1.54, 1.807) is 0 Å². The number of rotatable bonds is 6. The zero-order valence-corrected chi connectivity index (χ0v) is 27.1. The van der Waals surface area contributed by atoms with Gasteiger partial charge in [-0.2, -0.15) is 0 Å². The van der Waals surface area contributed by atoms with Gasteiger partial charge >= 0.3 is 0 Å². The molecule has 0 radical (unpaired) electrons. The van der Waals surface area contributed by atoms with Gasteiger partial charge in [0, 0.05) is 37.2 Å². The first kappa shape index (κ1) is 28.3. The Hall–Kier alpha value is -5.96. The molecule has 1 heterocycles. The number of nitrogens with zero attached hydrogens (tertiary/aromatic N) is 1. The minimum absolute atomic E-state index is 1.11. The van der Waals surface area contributed by atoms with Crippen molar-refractivity contribution in [2.45, 2.75) is 0 Å². The molecule has 0 saturated carbocycles. The van der Waals surface area contributed by atoms with Gasteiger partial charge in [-0.1, -0.05) is 140 Å². The molecule has 0 aliphatic rings. The lowest BCUT2D eigenvalue weighted by atomic mass is 9.97. The zero-order chi connectivity index (χ0) is 31.9. The fourth-order valence-electron chi connectivity index (χ4n) is 6.90. The standard InChI is InChI=1S/C46H31NS/c1-2-11-32(12-3-1)33-23-26-38(27-24-33)47(40-18-9-16-37(30-40)42-21-10-14-34-13-4-5-19-41(34)42)39-17-8-15-35(29-39)36-25-28-44-43-20-6-7-22-45(43)48-46(44)31-36/h1-31H. The van der Waals surface area contributed by atoms with Crippen molar-refractivity contribution in [1.29, 1.82) is 0 Å². The van der Waals surface area contributed by atoms with Crippen LogP contribution in [0.1, 0.15) is 0 Å². The summed E-state index contributed by atoms with van der Waals surface area (Å²) in [5, 5.41) is 5.15. The predicted molar refractivity (Wildman–Crippen MR) is 208 cm³/mol. The Morgan fingerprint density at radius 3 is 1.71 bits per heavy atom. The van der Waals surface area contributed by atoms with E-state index in [1.807, 2.05) is 11.3 Å². The molecule has 9 aromatic rings. The third-order valence-corrected chi connectivity index (χ3v) is 10.4. The summed E-state index contributed by atoms with van der Waals surface area (Å²) in [5.74, 6) is 0. The molecule has 48 heavy (non-hydrogen) atoms. The molecule has 1 aromatic heterocycles. The maximum Gasteiger partial charge on any atom is 0.0467 e. The molecule has 0 saturated heterocycles. The molecule has 0 aliphatic heterocycles. The van der Waals surface area contributed by atoms with Crippen LogP contribution in [0.3, 0.4) is 0 Å². The van der Waals surface area contributed by atoms with Gasteiger partial charge in [-0.25, -0.2) is 0 Å². The molecule has 0 atom stereocenters. The first-order chi connectivity index (χ1) is 23.8. The van der Waals surface area contributed by atoms with Crippen LogP contribution in [0.5, 0.6) is 0 Å². The Bertz CT molecular complexity index is 2560. The van der Waals surface area contributed by atoms with Crippen LogP contribution >= 0.6 is 11.3 Å². The minimum atomic E-state index is 1.11. The van der Waals surface area contributed by atoms with Crippen molar-refractivity contribution < 1.29 is 0 Å². The monoisotopic (exact) mass is 629 g/mol. The highest BCUT2D eigenvalue weighted by molar-refractivity contribution is 7.25. The molecule has 0 spiro atoms. The highest BCUT2D eigenvalue weighted by atomic mass is 32.1. The molecule has 0 amide bonds. The molecule has 9 rings (SSSR count). The third kappa shape index (κ3) is 5.13. The van der Waals surface area contributed by atoms with E-state index in [9.17, 15) is 0 Å². The lowest BCUT2D eigenvalue weighted by Gasteiger charge is -2.27. The van der Waals surface area contributed by atoms with E-state index < -0.39 is 0 Å². The average molecular weight is 630 g/mol. The van der Waals surface area contributed by atoms with Crippen molar-refractivity contribution in [3.63, 3.8) is 0 Å². The van der Waals surface area contributed by atoms with E-state index >= 15 is 0 Å². The summed E-state index contributed by atoms with van der Waals surface area (Å²) in [6.07, 6.45) is 0. The largest absolute Gasteiger partial charge is 0.310 e. The van der Waals surface area contributed by atoms with Gasteiger partial charge in [0.05, 0.1) is 0 Å². The highest BCUT2D eigenvalue weighted by Crippen LogP contribution is 2.41. The maximum absolute atomic E-state index is 2.38. The van der Waals surface area contributed by atoms with E-state index in [-0.39, 0.29) is 0 Å². The van der Waals surface area contributed by atoms with Crippen molar-refractivity contribution in [3.8, 4) is 33.4 Å². The topological polar surface area (TPSA) is 3.24 Å². The SMILES string of the molecule is c1ccc(-c2ccc(N(c3cccc(-c4ccc5c(c4)sc4ccccc45)c3)c3cccc(-c4cccc5ccccc45)c3)cc2)cc1. The maximum atomic E-state index is 2.38. The Labute approximate surface area is 284 Å². The van der Waals surface area contributed by atoms with Gasteiger partial charge in [0.15, 0.2) is 0 Å². The number of hydrogen-bond acceptors (Lipinski definition) is 2. The fraction of sp³-hybridized carbons (Fsp3) is 0. The van der Waals surface area contributed by atoms with Crippen molar-refractivity contribution in [3.05, 3.63) is 188 Å². The predicted octanol–water partition coefficient (Wildman–Crippen LogP) is 13.7. The number of anilines is 3. The number of fused-ring (bicyclic) bond motifs is 4. The molecule has 0 N–H and O–H groups in total. The molecule has 0 bridgehead atoms. The van der Waals surface area contributed by atoms with E-state index in [1.165, 1.54) is 64.3 Å². The Morgan fingerprint density at radius 1 is 0.312 bits per heavy atom. The Kier molecular flexibility index (Phi) is 7.07. The van der Waals surface area contributed by atoms with Crippen LogP contribution in [-0.2, 0) is 0 Å². The fourth-order valence-corrected chi connectivity index (χ4v) is 8.05. The minimum Gasteiger partial charge on any atom is -0.310 e. The van der Waals surface area contributed by atoms with Gasteiger partial charge in [0.2, 0.25) is 0 Å². The number of benzene rings is 8. The van der Waals surface area contributed by atoms with Crippen molar-refractivity contribution in [1.82, 2.24) is 0 Å². The van der Waals surface area contributed by atoms with Crippen LogP contribution in [0.4, 0.5) is 17.1 Å². The van der Waals surface area contributed by atoms with Crippen LogP contribution in [0.15, 0.2) is 188 Å². The molecule has 0 unspecified atom stereocenters. The normalized spacial score (nSPS) is 11.3. The summed E-state index contributed by atoms with van der Waals surface area (Å²) >= 11 is 1.86. The Balaban J connectivity index is 1.17.